The second-order valence-electron chi connectivity index (χ2n) is 7.53. The zero-order valence-corrected chi connectivity index (χ0v) is 16.7. The van der Waals surface area contributed by atoms with Crippen LogP contribution in [-0.2, 0) is 17.9 Å². The second kappa shape index (κ2) is 8.15. The van der Waals surface area contributed by atoms with E-state index in [0.717, 1.165) is 42.2 Å². The number of hydrogen-bond acceptors (Lipinski definition) is 3. The van der Waals surface area contributed by atoms with Crippen LogP contribution >= 0.6 is 0 Å². The fourth-order valence-corrected chi connectivity index (χ4v) is 3.71. The first kappa shape index (κ1) is 18.7. The molecule has 28 heavy (non-hydrogen) atoms. The highest BCUT2D eigenvalue weighted by molar-refractivity contribution is 5.91. The molecule has 0 saturated heterocycles. The zero-order valence-electron chi connectivity index (χ0n) is 16.7. The van der Waals surface area contributed by atoms with E-state index < -0.39 is 0 Å². The van der Waals surface area contributed by atoms with Gasteiger partial charge >= 0.3 is 0 Å². The number of imidazole rings is 1. The first-order valence-corrected chi connectivity index (χ1v) is 10.2. The average Bonchev–Trinajstić information content (AvgIpc) is 3.49. The van der Waals surface area contributed by atoms with Crippen LogP contribution in [0, 0.1) is 0 Å². The molecule has 1 aliphatic rings. The van der Waals surface area contributed by atoms with Gasteiger partial charge < -0.3 is 9.88 Å². The molecule has 0 aliphatic heterocycles. The number of anilines is 1. The van der Waals surface area contributed by atoms with Crippen molar-refractivity contribution in [1.82, 2.24) is 14.5 Å². The molecule has 0 bridgehead atoms. The molecule has 5 nitrogen and oxygen atoms in total. The van der Waals surface area contributed by atoms with Gasteiger partial charge in [0.15, 0.2) is 0 Å². The molecule has 1 fully saturated rings. The lowest BCUT2D eigenvalue weighted by molar-refractivity contribution is -0.116. The number of aromatic nitrogens is 2. The van der Waals surface area contributed by atoms with Gasteiger partial charge in [-0.1, -0.05) is 38.1 Å². The van der Waals surface area contributed by atoms with Crippen LogP contribution < -0.4 is 5.32 Å². The predicted octanol–water partition coefficient (Wildman–Crippen LogP) is 4.39. The van der Waals surface area contributed by atoms with E-state index in [1.54, 1.807) is 0 Å². The molecule has 1 saturated carbocycles. The molecule has 4 rings (SSSR count). The lowest BCUT2D eigenvalue weighted by atomic mass is 10.2. The van der Waals surface area contributed by atoms with Gasteiger partial charge in [-0.05, 0) is 55.8 Å². The minimum atomic E-state index is -0.00922. The lowest BCUT2D eigenvalue weighted by Gasteiger charge is -2.18. The van der Waals surface area contributed by atoms with E-state index in [1.807, 2.05) is 36.4 Å². The summed E-state index contributed by atoms with van der Waals surface area (Å²) in [5, 5.41) is 3.08. The van der Waals surface area contributed by atoms with Gasteiger partial charge in [0.05, 0.1) is 11.0 Å². The van der Waals surface area contributed by atoms with Crippen molar-refractivity contribution in [2.75, 3.05) is 18.4 Å². The van der Waals surface area contributed by atoms with Crippen molar-refractivity contribution in [3.63, 3.8) is 0 Å². The van der Waals surface area contributed by atoms with E-state index in [0.29, 0.717) is 12.5 Å². The fraction of sp³-hybridized carbons (Fsp3) is 0.391. The van der Waals surface area contributed by atoms with Gasteiger partial charge in [0.1, 0.15) is 12.4 Å². The Labute approximate surface area is 166 Å². The number of fused-ring (bicyclic) bond motifs is 1. The van der Waals surface area contributed by atoms with Crippen LogP contribution in [0.4, 0.5) is 5.69 Å². The van der Waals surface area contributed by atoms with Crippen LogP contribution in [0.1, 0.15) is 44.0 Å². The molecule has 0 spiro atoms. The Bertz CT molecular complexity index is 970. The summed E-state index contributed by atoms with van der Waals surface area (Å²) in [6, 6.07) is 16.2. The Hall–Kier alpha value is -2.66. The summed E-state index contributed by atoms with van der Waals surface area (Å²) in [5.74, 6) is 1.54. The predicted molar refractivity (Wildman–Crippen MR) is 113 cm³/mol. The van der Waals surface area contributed by atoms with Crippen LogP contribution in [0.15, 0.2) is 48.5 Å². The summed E-state index contributed by atoms with van der Waals surface area (Å²) in [7, 11) is 0. The number of nitrogens with one attached hydrogen (secondary N) is 1. The van der Waals surface area contributed by atoms with E-state index in [1.165, 1.54) is 18.4 Å². The van der Waals surface area contributed by atoms with Gasteiger partial charge in [-0.25, -0.2) is 4.98 Å². The number of carbonyl (C=O) groups is 1. The third-order valence-corrected chi connectivity index (χ3v) is 5.44. The van der Waals surface area contributed by atoms with Gasteiger partial charge in [0.25, 0.3) is 0 Å². The van der Waals surface area contributed by atoms with Crippen molar-refractivity contribution in [3.05, 3.63) is 59.9 Å². The van der Waals surface area contributed by atoms with Crippen molar-refractivity contribution in [2.45, 2.75) is 45.7 Å². The molecule has 146 valence electrons. The molecule has 0 unspecified atom stereocenters. The number of rotatable bonds is 8. The van der Waals surface area contributed by atoms with Gasteiger partial charge in [-0.15, -0.1) is 0 Å². The molecule has 0 atom stereocenters. The number of benzene rings is 2. The third-order valence-electron chi connectivity index (χ3n) is 5.44. The highest BCUT2D eigenvalue weighted by atomic mass is 16.1. The van der Waals surface area contributed by atoms with Crippen molar-refractivity contribution >= 4 is 22.6 Å². The number of hydrogen-bond donors (Lipinski definition) is 1. The summed E-state index contributed by atoms with van der Waals surface area (Å²) >= 11 is 0. The zero-order chi connectivity index (χ0) is 19.5. The van der Waals surface area contributed by atoms with E-state index in [2.05, 4.69) is 40.8 Å². The Morgan fingerprint density at radius 3 is 2.68 bits per heavy atom. The quantitative estimate of drug-likeness (QED) is 0.634. The highest BCUT2D eigenvalue weighted by Gasteiger charge is 2.30. The molecule has 1 aliphatic carbocycles. The summed E-state index contributed by atoms with van der Waals surface area (Å²) in [6.07, 6.45) is 2.33. The SMILES string of the molecule is CCN(CC)Cc1cccc(NC(=O)Cn2c(C3CC3)nc3ccccc32)c1. The molecule has 0 radical (unpaired) electrons. The Balaban J connectivity index is 1.50. The highest BCUT2D eigenvalue weighted by Crippen LogP contribution is 2.40. The molecule has 1 heterocycles. The number of para-hydroxylation sites is 2. The van der Waals surface area contributed by atoms with Crippen molar-refractivity contribution in [3.8, 4) is 0 Å². The first-order chi connectivity index (χ1) is 13.7. The van der Waals surface area contributed by atoms with E-state index >= 15 is 0 Å². The minimum Gasteiger partial charge on any atom is -0.325 e. The topological polar surface area (TPSA) is 50.2 Å². The normalized spacial score (nSPS) is 14.0. The fourth-order valence-electron chi connectivity index (χ4n) is 3.71. The maximum atomic E-state index is 12.8. The number of amides is 1. The summed E-state index contributed by atoms with van der Waals surface area (Å²) < 4.78 is 2.09. The largest absolute Gasteiger partial charge is 0.325 e. The standard InChI is InChI=1S/C23H28N4O/c1-3-26(4-2)15-17-8-7-9-19(14-17)24-22(28)16-27-21-11-6-5-10-20(21)25-23(27)18-12-13-18/h5-11,14,18H,3-4,12-13,15-16H2,1-2H3,(H,24,28). The van der Waals surface area contributed by atoms with Gasteiger partial charge in [-0.2, -0.15) is 0 Å². The van der Waals surface area contributed by atoms with Crippen molar-refractivity contribution in [2.24, 2.45) is 0 Å². The van der Waals surface area contributed by atoms with Crippen LogP contribution in [-0.4, -0.2) is 33.4 Å². The van der Waals surface area contributed by atoms with Crippen LogP contribution in [0.5, 0.6) is 0 Å². The van der Waals surface area contributed by atoms with Gasteiger partial charge in [-0.3, -0.25) is 9.69 Å². The molecule has 2 aromatic carbocycles. The summed E-state index contributed by atoms with van der Waals surface area (Å²) in [5.41, 5.74) is 4.08. The molecular formula is C23H28N4O. The van der Waals surface area contributed by atoms with Gasteiger partial charge in [0, 0.05) is 18.2 Å². The average molecular weight is 377 g/mol. The third kappa shape index (κ3) is 4.09. The maximum absolute atomic E-state index is 12.8. The smallest absolute Gasteiger partial charge is 0.244 e. The van der Waals surface area contributed by atoms with E-state index in [4.69, 9.17) is 4.98 Å². The van der Waals surface area contributed by atoms with E-state index in [-0.39, 0.29) is 5.91 Å². The van der Waals surface area contributed by atoms with Crippen LogP contribution in [0.2, 0.25) is 0 Å². The van der Waals surface area contributed by atoms with Crippen LogP contribution in [0.3, 0.4) is 0 Å². The summed E-state index contributed by atoms with van der Waals surface area (Å²) in [6.45, 7) is 7.57. The molecular weight excluding hydrogens is 348 g/mol. The second-order valence-corrected chi connectivity index (χ2v) is 7.53. The van der Waals surface area contributed by atoms with Gasteiger partial charge in [0.2, 0.25) is 5.91 Å². The molecule has 1 aromatic heterocycles. The Morgan fingerprint density at radius 1 is 1.14 bits per heavy atom. The van der Waals surface area contributed by atoms with Crippen molar-refractivity contribution < 1.29 is 4.79 Å². The van der Waals surface area contributed by atoms with Crippen LogP contribution in [0.25, 0.3) is 11.0 Å². The molecule has 5 heteroatoms. The number of nitrogens with zero attached hydrogens (tertiary/aromatic N) is 3. The number of carbonyl (C=O) groups excluding carboxylic acids is 1. The monoisotopic (exact) mass is 376 g/mol. The molecule has 1 amide bonds. The first-order valence-electron chi connectivity index (χ1n) is 10.2. The Kier molecular flexibility index (Phi) is 5.44. The summed E-state index contributed by atoms with van der Waals surface area (Å²) in [4.78, 5) is 19.9. The minimum absolute atomic E-state index is 0.00922. The van der Waals surface area contributed by atoms with E-state index in [9.17, 15) is 4.79 Å². The lowest BCUT2D eigenvalue weighted by Crippen LogP contribution is -2.22. The Morgan fingerprint density at radius 2 is 1.93 bits per heavy atom. The maximum Gasteiger partial charge on any atom is 0.244 e. The van der Waals surface area contributed by atoms with Crippen molar-refractivity contribution in [1.29, 1.82) is 0 Å². The molecule has 3 aromatic rings. The molecule has 1 N–H and O–H groups in total.